The number of thiophene rings is 1. The summed E-state index contributed by atoms with van der Waals surface area (Å²) in [7, 11) is 0. The Bertz CT molecular complexity index is 767. The van der Waals surface area contributed by atoms with E-state index in [0.29, 0.717) is 31.2 Å². The first-order valence-corrected chi connectivity index (χ1v) is 10.5. The second kappa shape index (κ2) is 8.03. The second-order valence-electron chi connectivity index (χ2n) is 6.63. The van der Waals surface area contributed by atoms with Crippen LogP contribution < -0.4 is 0 Å². The third-order valence-corrected chi connectivity index (χ3v) is 6.59. The fourth-order valence-electron chi connectivity index (χ4n) is 2.89. The highest BCUT2D eigenvalue weighted by atomic mass is 35.5. The Kier molecular flexibility index (Phi) is 5.95. The minimum Gasteiger partial charge on any atom is -0.338 e. The molecular weight excluding hydrogens is 388 g/mol. The lowest BCUT2D eigenvalue weighted by Crippen LogP contribution is -2.54. The van der Waals surface area contributed by atoms with E-state index < -0.39 is 4.75 Å². The SMILES string of the molecule is CC(C)(Sc1ccc(Cl)cc1)C(=O)N1CCN(C(=O)c2cccs2)CC1. The largest absolute Gasteiger partial charge is 0.338 e. The van der Waals surface area contributed by atoms with Gasteiger partial charge in [0.05, 0.1) is 9.62 Å². The average molecular weight is 409 g/mol. The Morgan fingerprint density at radius 3 is 2.23 bits per heavy atom. The summed E-state index contributed by atoms with van der Waals surface area (Å²) in [5.41, 5.74) is 0. The molecule has 0 saturated carbocycles. The van der Waals surface area contributed by atoms with Gasteiger partial charge in [-0.1, -0.05) is 17.7 Å². The highest BCUT2D eigenvalue weighted by Gasteiger charge is 2.35. The second-order valence-corrected chi connectivity index (χ2v) is 9.71. The van der Waals surface area contributed by atoms with Crippen LogP contribution in [0.15, 0.2) is 46.7 Å². The normalized spacial score (nSPS) is 15.2. The number of carbonyl (C=O) groups excluding carboxylic acids is 2. The zero-order valence-electron chi connectivity index (χ0n) is 14.8. The van der Waals surface area contributed by atoms with Crippen LogP contribution in [0.3, 0.4) is 0 Å². The van der Waals surface area contributed by atoms with Crippen molar-refractivity contribution in [3.05, 3.63) is 51.7 Å². The molecule has 1 fully saturated rings. The van der Waals surface area contributed by atoms with Crippen molar-refractivity contribution in [1.29, 1.82) is 0 Å². The number of hydrogen-bond donors (Lipinski definition) is 0. The molecule has 0 spiro atoms. The van der Waals surface area contributed by atoms with Gasteiger partial charge in [-0.25, -0.2) is 0 Å². The first kappa shape index (κ1) is 19.3. The molecular formula is C19H21ClN2O2S2. The van der Waals surface area contributed by atoms with Crippen LogP contribution in [0.1, 0.15) is 23.5 Å². The number of benzene rings is 1. The number of carbonyl (C=O) groups is 2. The van der Waals surface area contributed by atoms with Gasteiger partial charge in [0.1, 0.15) is 0 Å². The molecule has 1 aromatic heterocycles. The Morgan fingerprint density at radius 1 is 1.04 bits per heavy atom. The van der Waals surface area contributed by atoms with Gasteiger partial charge >= 0.3 is 0 Å². The van der Waals surface area contributed by atoms with Gasteiger partial charge in [-0.3, -0.25) is 9.59 Å². The molecule has 2 heterocycles. The van der Waals surface area contributed by atoms with Crippen LogP contribution in [0.2, 0.25) is 5.02 Å². The van der Waals surface area contributed by atoms with Crippen LogP contribution in [0.4, 0.5) is 0 Å². The van der Waals surface area contributed by atoms with E-state index in [4.69, 9.17) is 11.6 Å². The molecule has 2 amide bonds. The number of nitrogens with zero attached hydrogens (tertiary/aromatic N) is 2. The first-order valence-electron chi connectivity index (χ1n) is 8.43. The van der Waals surface area contributed by atoms with Crippen molar-refractivity contribution in [3.8, 4) is 0 Å². The number of hydrogen-bond acceptors (Lipinski definition) is 4. The summed E-state index contributed by atoms with van der Waals surface area (Å²) in [6, 6.07) is 11.3. The lowest BCUT2D eigenvalue weighted by molar-refractivity contribution is -0.134. The predicted molar refractivity (Wildman–Crippen MR) is 108 cm³/mol. The van der Waals surface area contributed by atoms with Crippen molar-refractivity contribution in [3.63, 3.8) is 0 Å². The number of thioether (sulfide) groups is 1. The zero-order valence-corrected chi connectivity index (χ0v) is 17.2. The Labute approximate surface area is 167 Å². The maximum Gasteiger partial charge on any atom is 0.264 e. The van der Waals surface area contributed by atoms with E-state index in [0.717, 1.165) is 9.77 Å². The number of piperazine rings is 1. The van der Waals surface area contributed by atoms with Crippen molar-refractivity contribution in [2.75, 3.05) is 26.2 Å². The van der Waals surface area contributed by atoms with Crippen LogP contribution in [0.25, 0.3) is 0 Å². The van der Waals surface area contributed by atoms with Crippen LogP contribution in [-0.4, -0.2) is 52.5 Å². The molecule has 26 heavy (non-hydrogen) atoms. The van der Waals surface area contributed by atoms with Crippen LogP contribution in [-0.2, 0) is 4.79 Å². The highest BCUT2D eigenvalue weighted by molar-refractivity contribution is 8.01. The van der Waals surface area contributed by atoms with Crippen LogP contribution in [0.5, 0.6) is 0 Å². The minimum atomic E-state index is -0.576. The van der Waals surface area contributed by atoms with Gasteiger partial charge in [-0.2, -0.15) is 0 Å². The fraction of sp³-hybridized carbons (Fsp3) is 0.368. The number of rotatable bonds is 4. The van der Waals surface area contributed by atoms with E-state index in [1.807, 2.05) is 65.4 Å². The number of amides is 2. The highest BCUT2D eigenvalue weighted by Crippen LogP contribution is 2.34. The van der Waals surface area contributed by atoms with Crippen LogP contribution >= 0.6 is 34.7 Å². The molecule has 0 atom stereocenters. The van der Waals surface area contributed by atoms with Gasteiger partial charge in [-0.15, -0.1) is 23.1 Å². The third kappa shape index (κ3) is 4.42. The van der Waals surface area contributed by atoms with Gasteiger partial charge < -0.3 is 9.80 Å². The van der Waals surface area contributed by atoms with E-state index >= 15 is 0 Å². The molecule has 0 aliphatic carbocycles. The zero-order chi connectivity index (χ0) is 18.7. The standard InChI is InChI=1S/C19H21ClN2O2S2/c1-19(2,26-15-7-5-14(20)6-8-15)18(24)22-11-9-21(10-12-22)17(23)16-4-3-13-25-16/h3-8,13H,9-12H2,1-2H3. The molecule has 3 rings (SSSR count). The summed E-state index contributed by atoms with van der Waals surface area (Å²) in [6.07, 6.45) is 0. The molecule has 0 bridgehead atoms. The number of halogens is 1. The molecule has 1 saturated heterocycles. The quantitative estimate of drug-likeness (QED) is 0.710. The van der Waals surface area contributed by atoms with Crippen molar-refractivity contribution in [2.45, 2.75) is 23.5 Å². The van der Waals surface area contributed by atoms with E-state index in [-0.39, 0.29) is 11.8 Å². The van der Waals surface area contributed by atoms with E-state index in [9.17, 15) is 9.59 Å². The molecule has 4 nitrogen and oxygen atoms in total. The maximum absolute atomic E-state index is 13.0. The average Bonchev–Trinajstić information content (AvgIpc) is 3.17. The van der Waals surface area contributed by atoms with Crippen molar-refractivity contribution in [2.24, 2.45) is 0 Å². The fourth-order valence-corrected chi connectivity index (χ4v) is 4.79. The minimum absolute atomic E-state index is 0.0573. The summed E-state index contributed by atoms with van der Waals surface area (Å²) in [6.45, 7) is 6.17. The Hall–Kier alpha value is -1.50. The summed E-state index contributed by atoms with van der Waals surface area (Å²) < 4.78 is -0.576. The van der Waals surface area contributed by atoms with E-state index in [1.54, 1.807) is 0 Å². The Balaban J connectivity index is 1.58. The Morgan fingerprint density at radius 2 is 1.65 bits per heavy atom. The molecule has 1 aliphatic heterocycles. The molecule has 1 aromatic carbocycles. The lowest BCUT2D eigenvalue weighted by Gasteiger charge is -2.38. The van der Waals surface area contributed by atoms with E-state index in [2.05, 4.69) is 0 Å². The summed E-state index contributed by atoms with van der Waals surface area (Å²) in [5, 5.41) is 2.59. The smallest absolute Gasteiger partial charge is 0.264 e. The lowest BCUT2D eigenvalue weighted by atomic mass is 10.1. The molecule has 0 radical (unpaired) electrons. The summed E-state index contributed by atoms with van der Waals surface area (Å²) in [5.74, 6) is 0.155. The van der Waals surface area contributed by atoms with Crippen molar-refractivity contribution in [1.82, 2.24) is 9.80 Å². The maximum atomic E-state index is 13.0. The van der Waals surface area contributed by atoms with Crippen molar-refractivity contribution >= 4 is 46.5 Å². The molecule has 1 aliphatic rings. The third-order valence-electron chi connectivity index (χ3n) is 4.29. The topological polar surface area (TPSA) is 40.6 Å². The molecule has 2 aromatic rings. The van der Waals surface area contributed by atoms with Gasteiger partial charge in [0.25, 0.3) is 5.91 Å². The summed E-state index contributed by atoms with van der Waals surface area (Å²) >= 11 is 8.91. The molecule has 0 N–H and O–H groups in total. The first-order chi connectivity index (χ1) is 12.4. The molecule has 138 valence electrons. The molecule has 0 unspecified atom stereocenters. The van der Waals surface area contributed by atoms with Gasteiger partial charge in [0.2, 0.25) is 5.91 Å². The van der Waals surface area contributed by atoms with Gasteiger partial charge in [0, 0.05) is 36.1 Å². The monoisotopic (exact) mass is 408 g/mol. The van der Waals surface area contributed by atoms with Crippen molar-refractivity contribution < 1.29 is 9.59 Å². The van der Waals surface area contributed by atoms with Gasteiger partial charge in [-0.05, 0) is 49.6 Å². The van der Waals surface area contributed by atoms with Crippen LogP contribution in [0, 0.1) is 0 Å². The van der Waals surface area contributed by atoms with E-state index in [1.165, 1.54) is 23.1 Å². The van der Waals surface area contributed by atoms with Gasteiger partial charge in [0.15, 0.2) is 0 Å². The predicted octanol–water partition coefficient (Wildman–Crippen LogP) is 4.26. The molecule has 7 heteroatoms. The summed E-state index contributed by atoms with van der Waals surface area (Å²) in [4.78, 5) is 30.9.